The van der Waals surface area contributed by atoms with E-state index < -0.39 is 30.3 Å². The number of pyridine rings is 1. The van der Waals surface area contributed by atoms with E-state index in [1.807, 2.05) is 0 Å². The van der Waals surface area contributed by atoms with Crippen molar-refractivity contribution >= 4 is 29.8 Å². The molecule has 3 heterocycles. The molecule has 0 bridgehead atoms. The van der Waals surface area contributed by atoms with Gasteiger partial charge in [-0.2, -0.15) is 18.3 Å². The highest BCUT2D eigenvalue weighted by Crippen LogP contribution is 2.27. The van der Waals surface area contributed by atoms with Gasteiger partial charge in [0.1, 0.15) is 29.9 Å². The standard InChI is InChI=1S/C21H21F3N6O5/c1-20(2,3)35-19(33)30(11-21(22,23)24)16-7-12(5-6-25-16)18-27-15(10-34-18)17(32)26-13-8-29(4)28-14(13)9-31/h5-10H,11H2,1-4H3,(H,26,32). The van der Waals surface area contributed by atoms with Crippen molar-refractivity contribution in [3.05, 3.63) is 42.2 Å². The number of hydrogen-bond donors (Lipinski definition) is 1. The molecule has 0 spiro atoms. The first kappa shape index (κ1) is 25.4. The van der Waals surface area contributed by atoms with Crippen molar-refractivity contribution in [3.8, 4) is 11.5 Å². The second-order valence-electron chi connectivity index (χ2n) is 8.30. The van der Waals surface area contributed by atoms with Crippen molar-refractivity contribution in [3.63, 3.8) is 0 Å². The molecule has 186 valence electrons. The minimum atomic E-state index is -4.73. The number of nitrogens with one attached hydrogen (secondary N) is 1. The van der Waals surface area contributed by atoms with Crippen molar-refractivity contribution < 1.29 is 36.7 Å². The molecule has 2 amide bonds. The van der Waals surface area contributed by atoms with Crippen molar-refractivity contribution in [1.82, 2.24) is 19.7 Å². The molecule has 0 saturated heterocycles. The van der Waals surface area contributed by atoms with E-state index in [-0.39, 0.29) is 34.3 Å². The predicted molar refractivity (Wildman–Crippen MR) is 116 cm³/mol. The van der Waals surface area contributed by atoms with Crippen LogP contribution in [0.1, 0.15) is 41.7 Å². The second-order valence-corrected chi connectivity index (χ2v) is 8.30. The fourth-order valence-electron chi connectivity index (χ4n) is 2.82. The number of oxazole rings is 1. The highest BCUT2D eigenvalue weighted by Gasteiger charge is 2.36. The summed E-state index contributed by atoms with van der Waals surface area (Å²) in [6, 6.07) is 2.53. The molecule has 0 atom stereocenters. The van der Waals surface area contributed by atoms with Crippen molar-refractivity contribution in [1.29, 1.82) is 0 Å². The summed E-state index contributed by atoms with van der Waals surface area (Å²) < 4.78 is 51.2. The van der Waals surface area contributed by atoms with Crippen LogP contribution in [0.25, 0.3) is 11.5 Å². The average molecular weight is 494 g/mol. The van der Waals surface area contributed by atoms with Crippen LogP contribution in [0.4, 0.5) is 29.5 Å². The van der Waals surface area contributed by atoms with Crippen molar-refractivity contribution in [2.75, 3.05) is 16.8 Å². The Morgan fingerprint density at radius 1 is 1.29 bits per heavy atom. The van der Waals surface area contributed by atoms with Gasteiger partial charge in [0.2, 0.25) is 5.89 Å². The maximum Gasteiger partial charge on any atom is 0.416 e. The molecule has 0 unspecified atom stereocenters. The highest BCUT2D eigenvalue weighted by atomic mass is 19.4. The molecule has 0 fully saturated rings. The van der Waals surface area contributed by atoms with Gasteiger partial charge in [-0.3, -0.25) is 19.2 Å². The quantitative estimate of drug-likeness (QED) is 0.511. The van der Waals surface area contributed by atoms with Gasteiger partial charge in [0.05, 0.1) is 5.69 Å². The molecule has 0 radical (unpaired) electrons. The number of amides is 2. The Bertz CT molecular complexity index is 1240. The molecule has 35 heavy (non-hydrogen) atoms. The topological polar surface area (TPSA) is 132 Å². The first-order valence-corrected chi connectivity index (χ1v) is 10.0. The number of ether oxygens (including phenoxy) is 1. The lowest BCUT2D eigenvalue weighted by molar-refractivity contribution is -0.119. The number of carbonyl (C=O) groups excluding carboxylic acids is 3. The maximum atomic E-state index is 13.2. The molecule has 0 aromatic carbocycles. The zero-order chi connectivity index (χ0) is 26.0. The molecule has 1 N–H and O–H groups in total. The van der Waals surface area contributed by atoms with Crippen LogP contribution in [0.2, 0.25) is 0 Å². The van der Waals surface area contributed by atoms with E-state index in [1.165, 1.54) is 37.7 Å². The van der Waals surface area contributed by atoms with Crippen LogP contribution in [-0.2, 0) is 11.8 Å². The van der Waals surface area contributed by atoms with Gasteiger partial charge in [0.15, 0.2) is 12.0 Å². The first-order valence-electron chi connectivity index (χ1n) is 10.0. The maximum absolute atomic E-state index is 13.2. The smallest absolute Gasteiger partial charge is 0.416 e. The third kappa shape index (κ3) is 6.65. The lowest BCUT2D eigenvalue weighted by Gasteiger charge is -2.27. The van der Waals surface area contributed by atoms with Gasteiger partial charge in [0, 0.05) is 25.0 Å². The normalized spacial score (nSPS) is 11.7. The summed E-state index contributed by atoms with van der Waals surface area (Å²) in [7, 11) is 1.57. The molecule has 0 saturated carbocycles. The minimum Gasteiger partial charge on any atom is -0.444 e. The zero-order valence-corrected chi connectivity index (χ0v) is 19.1. The van der Waals surface area contributed by atoms with Crippen LogP contribution in [-0.4, -0.2) is 56.4 Å². The van der Waals surface area contributed by atoms with Crippen LogP contribution < -0.4 is 10.2 Å². The van der Waals surface area contributed by atoms with Crippen LogP contribution in [0.3, 0.4) is 0 Å². The minimum absolute atomic E-state index is 0.00948. The Labute approximate surface area is 196 Å². The fraction of sp³-hybridized carbons (Fsp3) is 0.333. The third-order valence-electron chi connectivity index (χ3n) is 4.17. The number of aryl methyl sites for hydroxylation is 1. The summed E-state index contributed by atoms with van der Waals surface area (Å²) in [5.74, 6) is -1.18. The van der Waals surface area contributed by atoms with Crippen LogP contribution >= 0.6 is 0 Å². The second kappa shape index (κ2) is 9.56. The first-order chi connectivity index (χ1) is 16.3. The van der Waals surface area contributed by atoms with Crippen LogP contribution in [0.15, 0.2) is 35.2 Å². The Morgan fingerprint density at radius 3 is 2.63 bits per heavy atom. The molecular formula is C21H21F3N6O5. The molecule has 3 rings (SSSR count). The van der Waals surface area contributed by atoms with Gasteiger partial charge in [-0.05, 0) is 32.9 Å². The highest BCUT2D eigenvalue weighted by molar-refractivity contribution is 6.04. The van der Waals surface area contributed by atoms with E-state index in [0.29, 0.717) is 11.2 Å². The van der Waals surface area contributed by atoms with E-state index >= 15 is 0 Å². The van der Waals surface area contributed by atoms with E-state index in [9.17, 15) is 27.6 Å². The van der Waals surface area contributed by atoms with E-state index in [1.54, 1.807) is 7.05 Å². The van der Waals surface area contributed by atoms with Gasteiger partial charge >= 0.3 is 12.3 Å². The number of alkyl halides is 3. The summed E-state index contributed by atoms with van der Waals surface area (Å²) in [5, 5.41) is 6.35. The lowest BCUT2D eigenvalue weighted by Crippen LogP contribution is -2.42. The van der Waals surface area contributed by atoms with Crippen LogP contribution in [0, 0.1) is 0 Å². The van der Waals surface area contributed by atoms with Gasteiger partial charge in [-0.25, -0.2) is 14.8 Å². The molecular weight excluding hydrogens is 473 g/mol. The monoisotopic (exact) mass is 494 g/mol. The summed E-state index contributed by atoms with van der Waals surface area (Å²) >= 11 is 0. The Morgan fingerprint density at radius 2 is 2.00 bits per heavy atom. The number of hydrogen-bond acceptors (Lipinski definition) is 8. The van der Waals surface area contributed by atoms with E-state index in [2.05, 4.69) is 20.4 Å². The van der Waals surface area contributed by atoms with Crippen molar-refractivity contribution in [2.45, 2.75) is 32.5 Å². The number of aromatic nitrogens is 4. The lowest BCUT2D eigenvalue weighted by atomic mass is 10.2. The summed E-state index contributed by atoms with van der Waals surface area (Å²) in [6.07, 6.45) is -1.88. The largest absolute Gasteiger partial charge is 0.444 e. The van der Waals surface area contributed by atoms with Crippen LogP contribution in [0.5, 0.6) is 0 Å². The molecule has 0 aliphatic heterocycles. The SMILES string of the molecule is Cn1cc(NC(=O)c2coc(-c3ccnc(N(CC(F)(F)F)C(=O)OC(C)(C)C)c3)n2)c(C=O)n1. The number of carbonyl (C=O) groups is 3. The molecule has 14 heteroatoms. The van der Waals surface area contributed by atoms with E-state index in [4.69, 9.17) is 9.15 Å². The van der Waals surface area contributed by atoms with E-state index in [0.717, 1.165) is 18.5 Å². The van der Waals surface area contributed by atoms with Gasteiger partial charge in [0.25, 0.3) is 5.91 Å². The predicted octanol–water partition coefficient (Wildman–Crippen LogP) is 3.84. The Hall–Kier alpha value is -4.23. The third-order valence-corrected chi connectivity index (χ3v) is 4.17. The number of aldehydes is 1. The summed E-state index contributed by atoms with van der Waals surface area (Å²) in [6.45, 7) is 2.91. The summed E-state index contributed by atoms with van der Waals surface area (Å²) in [5.41, 5.74) is -0.891. The number of rotatable bonds is 6. The number of nitrogens with zero attached hydrogens (tertiary/aromatic N) is 5. The Balaban J connectivity index is 1.86. The zero-order valence-electron chi connectivity index (χ0n) is 19.1. The number of anilines is 2. The molecule has 11 nitrogen and oxygen atoms in total. The van der Waals surface area contributed by atoms with Crippen molar-refractivity contribution in [2.24, 2.45) is 7.05 Å². The summed E-state index contributed by atoms with van der Waals surface area (Å²) in [4.78, 5) is 44.2. The van der Waals surface area contributed by atoms with Gasteiger partial charge in [-0.1, -0.05) is 0 Å². The Kier molecular flexibility index (Phi) is 6.94. The molecule has 3 aromatic heterocycles. The molecule has 3 aromatic rings. The molecule has 0 aliphatic rings. The number of halogens is 3. The fourth-order valence-corrected chi connectivity index (χ4v) is 2.82. The average Bonchev–Trinajstić information content (AvgIpc) is 3.37. The van der Waals surface area contributed by atoms with Gasteiger partial charge < -0.3 is 14.5 Å². The van der Waals surface area contributed by atoms with Gasteiger partial charge in [-0.15, -0.1) is 0 Å². The molecule has 0 aliphatic carbocycles.